The second kappa shape index (κ2) is 11.6. The van der Waals surface area contributed by atoms with Crippen LogP contribution in [0.2, 0.25) is 5.02 Å². The largest absolute Gasteiger partial charge is 0.417 e. The smallest absolute Gasteiger partial charge is 0.380 e. The highest BCUT2D eigenvalue weighted by molar-refractivity contribution is 6.31. The van der Waals surface area contributed by atoms with Gasteiger partial charge in [0.15, 0.2) is 0 Å². The Hall–Kier alpha value is -3.80. The third-order valence-electron chi connectivity index (χ3n) is 6.67. The lowest BCUT2D eigenvalue weighted by molar-refractivity contribution is -0.137. The van der Waals surface area contributed by atoms with E-state index in [-0.39, 0.29) is 29.1 Å². The topological polar surface area (TPSA) is 108 Å². The minimum Gasteiger partial charge on any atom is -0.380 e. The lowest BCUT2D eigenvalue weighted by Gasteiger charge is -2.37. The monoisotopic (exact) mass is 607 g/mol. The van der Waals surface area contributed by atoms with Gasteiger partial charge in [0.2, 0.25) is 5.95 Å². The summed E-state index contributed by atoms with van der Waals surface area (Å²) in [6.07, 6.45) is -4.72. The zero-order valence-corrected chi connectivity index (χ0v) is 23.5. The Morgan fingerprint density at radius 3 is 2.44 bits per heavy atom. The fourth-order valence-corrected chi connectivity index (χ4v) is 4.53. The summed E-state index contributed by atoms with van der Waals surface area (Å²) in [5.74, 6) is -1.12. The highest BCUT2D eigenvalue weighted by Gasteiger charge is 2.35. The van der Waals surface area contributed by atoms with E-state index in [1.807, 2.05) is 0 Å². The van der Waals surface area contributed by atoms with E-state index in [2.05, 4.69) is 32.8 Å². The number of anilines is 3. The molecule has 5 rings (SSSR count). The summed E-state index contributed by atoms with van der Waals surface area (Å²) in [5.41, 5.74) is 0.372. The van der Waals surface area contributed by atoms with Crippen molar-refractivity contribution >= 4 is 64.2 Å². The molecule has 4 N–H and O–H groups in total. The number of ether oxygens (including phenoxy) is 1. The molecule has 1 saturated heterocycles. The molecule has 4 aromatic rings. The molecule has 0 spiro atoms. The number of benzene rings is 3. The van der Waals surface area contributed by atoms with Crippen molar-refractivity contribution in [2.24, 2.45) is 5.41 Å². The summed E-state index contributed by atoms with van der Waals surface area (Å²) in [5, 5.41) is 8.99. The first-order valence-electron chi connectivity index (χ1n) is 12.3. The van der Waals surface area contributed by atoms with Crippen molar-refractivity contribution in [2.75, 3.05) is 35.7 Å². The molecule has 0 aliphatic carbocycles. The number of nitrogens with one attached hydrogen (secondary N) is 4. The fourth-order valence-electron chi connectivity index (χ4n) is 4.36. The van der Waals surface area contributed by atoms with E-state index in [0.717, 1.165) is 12.1 Å². The van der Waals surface area contributed by atoms with Gasteiger partial charge in [-0.25, -0.2) is 4.98 Å². The normalized spacial score (nSPS) is 14.1. The van der Waals surface area contributed by atoms with Gasteiger partial charge in [0.25, 0.3) is 11.8 Å². The molecule has 0 bridgehead atoms. The van der Waals surface area contributed by atoms with Crippen LogP contribution in [0.15, 0.2) is 54.6 Å². The van der Waals surface area contributed by atoms with E-state index in [9.17, 15) is 22.8 Å². The lowest BCUT2D eigenvalue weighted by atomic mass is 9.89. The maximum Gasteiger partial charge on any atom is 0.417 e. The van der Waals surface area contributed by atoms with Gasteiger partial charge < -0.3 is 25.7 Å². The number of aromatic nitrogens is 2. The Bertz CT molecular complexity index is 1620. The van der Waals surface area contributed by atoms with Crippen molar-refractivity contribution in [3.05, 3.63) is 81.9 Å². The first-order valence-corrected chi connectivity index (χ1v) is 12.7. The van der Waals surface area contributed by atoms with Gasteiger partial charge in [-0.1, -0.05) is 36.7 Å². The van der Waals surface area contributed by atoms with Gasteiger partial charge in [-0.2, -0.15) is 13.2 Å². The van der Waals surface area contributed by atoms with E-state index in [0.29, 0.717) is 53.0 Å². The Labute approximate surface area is 244 Å². The number of nitrogens with zero attached hydrogens (tertiary/aromatic N) is 1. The molecule has 3 aromatic carbocycles. The molecular formula is C28H26Cl2F3N5O3. The molecule has 0 radical (unpaired) electrons. The third kappa shape index (κ3) is 6.42. The van der Waals surface area contributed by atoms with E-state index < -0.39 is 29.1 Å². The van der Waals surface area contributed by atoms with Crippen molar-refractivity contribution in [1.82, 2.24) is 9.97 Å². The molecular weight excluding hydrogens is 582 g/mol. The number of rotatable bonds is 7. The average molecular weight is 608 g/mol. The predicted octanol–water partition coefficient (Wildman–Crippen LogP) is 6.92. The first-order chi connectivity index (χ1) is 18.9. The summed E-state index contributed by atoms with van der Waals surface area (Å²) >= 11 is 6.20. The van der Waals surface area contributed by atoms with Gasteiger partial charge >= 0.3 is 6.18 Å². The van der Waals surface area contributed by atoms with Crippen molar-refractivity contribution in [3.63, 3.8) is 0 Å². The zero-order valence-electron chi connectivity index (χ0n) is 21.9. The van der Waals surface area contributed by atoms with Gasteiger partial charge in [0.05, 0.1) is 35.4 Å². The molecule has 0 saturated carbocycles. The molecule has 0 unspecified atom stereocenters. The van der Waals surface area contributed by atoms with Crippen LogP contribution in [0.3, 0.4) is 0 Å². The van der Waals surface area contributed by atoms with Crippen LogP contribution in [0.4, 0.5) is 30.5 Å². The molecule has 13 heteroatoms. The summed E-state index contributed by atoms with van der Waals surface area (Å²) < 4.78 is 45.8. The Morgan fingerprint density at radius 1 is 1.05 bits per heavy atom. The summed E-state index contributed by atoms with van der Waals surface area (Å²) in [6, 6.07) is 12.4. The number of alkyl halides is 3. The van der Waals surface area contributed by atoms with Crippen LogP contribution in [0.5, 0.6) is 0 Å². The summed E-state index contributed by atoms with van der Waals surface area (Å²) in [4.78, 5) is 34.0. The number of carbonyl (C=O) groups is 2. The van der Waals surface area contributed by atoms with Gasteiger partial charge in [0, 0.05) is 28.4 Å². The maximum atomic E-state index is 13.5. The standard InChI is InChI=1S/C28H25ClF3N5O3.ClH/c1-15-20(29)8-5-9-21(15)35-25(39)18-10-16(34-24(38)17-6-3-4-7-19(17)28(30,31)32)11-22-23(18)37-26(36-22)33-12-27(2)13-40-14-27;/h3-11H,12-14H2,1-2H3,(H,34,38)(H,35,39)(H2,33,36,37);1H. The second-order valence-electron chi connectivity index (χ2n) is 10.0. The maximum absolute atomic E-state index is 13.5. The van der Waals surface area contributed by atoms with E-state index in [1.165, 1.54) is 24.3 Å². The molecule has 8 nitrogen and oxygen atoms in total. The molecule has 0 atom stereocenters. The van der Waals surface area contributed by atoms with E-state index in [4.69, 9.17) is 16.3 Å². The van der Waals surface area contributed by atoms with Crippen LogP contribution in [-0.4, -0.2) is 41.5 Å². The number of hydrogen-bond donors (Lipinski definition) is 4. The van der Waals surface area contributed by atoms with E-state index >= 15 is 0 Å². The summed E-state index contributed by atoms with van der Waals surface area (Å²) in [6.45, 7) is 5.58. The number of halogens is 5. The molecule has 2 amide bonds. The Balaban J connectivity index is 0.00000387. The van der Waals surface area contributed by atoms with Crippen molar-refractivity contribution < 1.29 is 27.5 Å². The lowest BCUT2D eigenvalue weighted by Crippen LogP contribution is -2.45. The molecule has 1 aromatic heterocycles. The average Bonchev–Trinajstić information content (AvgIpc) is 3.31. The number of H-pyrrole nitrogens is 1. The van der Waals surface area contributed by atoms with Crippen molar-refractivity contribution in [3.8, 4) is 0 Å². The second-order valence-corrected chi connectivity index (χ2v) is 10.4. The first kappa shape index (κ1) is 30.2. The molecule has 2 heterocycles. The van der Waals surface area contributed by atoms with Crippen molar-refractivity contribution in [1.29, 1.82) is 0 Å². The van der Waals surface area contributed by atoms with E-state index in [1.54, 1.807) is 25.1 Å². The Morgan fingerprint density at radius 2 is 1.76 bits per heavy atom. The number of fused-ring (bicyclic) bond motifs is 1. The minimum absolute atomic E-state index is 0. The third-order valence-corrected chi connectivity index (χ3v) is 7.08. The van der Waals surface area contributed by atoms with Crippen LogP contribution in [0.25, 0.3) is 11.0 Å². The quantitative estimate of drug-likeness (QED) is 0.182. The zero-order chi connectivity index (χ0) is 28.7. The highest BCUT2D eigenvalue weighted by Crippen LogP contribution is 2.33. The van der Waals surface area contributed by atoms with Crippen LogP contribution in [0.1, 0.15) is 38.8 Å². The number of aromatic amines is 1. The Kier molecular flexibility index (Phi) is 8.53. The predicted molar refractivity (Wildman–Crippen MR) is 154 cm³/mol. The molecule has 1 fully saturated rings. The molecule has 41 heavy (non-hydrogen) atoms. The van der Waals surface area contributed by atoms with Crippen LogP contribution < -0.4 is 16.0 Å². The number of hydrogen-bond acceptors (Lipinski definition) is 5. The van der Waals surface area contributed by atoms with Crippen LogP contribution >= 0.6 is 24.0 Å². The summed E-state index contributed by atoms with van der Waals surface area (Å²) in [7, 11) is 0. The van der Waals surface area contributed by atoms with Crippen LogP contribution in [-0.2, 0) is 10.9 Å². The number of imidazole rings is 1. The van der Waals surface area contributed by atoms with Gasteiger partial charge in [0.1, 0.15) is 5.52 Å². The van der Waals surface area contributed by atoms with Gasteiger partial charge in [-0.15, -0.1) is 12.4 Å². The molecule has 1 aliphatic heterocycles. The minimum atomic E-state index is -4.72. The van der Waals surface area contributed by atoms with Crippen LogP contribution in [0, 0.1) is 12.3 Å². The SMILES string of the molecule is Cc1c(Cl)cccc1NC(=O)c1cc(NC(=O)c2ccccc2C(F)(F)F)cc2[nH]c(NCC3(C)COC3)nc12.Cl. The van der Waals surface area contributed by atoms with Crippen molar-refractivity contribution in [2.45, 2.75) is 20.0 Å². The van der Waals surface area contributed by atoms with Gasteiger partial charge in [-0.05, 0) is 48.9 Å². The fraction of sp³-hybridized carbons (Fsp3) is 0.250. The highest BCUT2D eigenvalue weighted by atomic mass is 35.5. The number of amides is 2. The van der Waals surface area contributed by atoms with Gasteiger partial charge in [-0.3, -0.25) is 9.59 Å². The number of carbonyl (C=O) groups excluding carboxylic acids is 2. The molecule has 216 valence electrons. The molecule has 1 aliphatic rings.